The first kappa shape index (κ1) is 21.3. The Kier molecular flexibility index (Phi) is 6.27. The average molecular weight is 426 g/mol. The van der Waals surface area contributed by atoms with Gasteiger partial charge in [0, 0.05) is 12.1 Å². The molecule has 4 aromatic rings. The van der Waals surface area contributed by atoms with Gasteiger partial charge >= 0.3 is 0 Å². The second-order valence-electron chi connectivity index (χ2n) is 7.71. The molecule has 1 N–H and O–H groups in total. The van der Waals surface area contributed by atoms with E-state index in [1.807, 2.05) is 30.3 Å². The van der Waals surface area contributed by atoms with Crippen molar-refractivity contribution in [3.05, 3.63) is 89.7 Å². The van der Waals surface area contributed by atoms with Crippen molar-refractivity contribution >= 4 is 22.9 Å². The highest BCUT2D eigenvalue weighted by molar-refractivity contribution is 5.93. The van der Waals surface area contributed by atoms with E-state index in [9.17, 15) is 14.4 Å². The van der Waals surface area contributed by atoms with Crippen molar-refractivity contribution in [2.24, 2.45) is 0 Å². The van der Waals surface area contributed by atoms with E-state index in [4.69, 9.17) is 0 Å². The lowest BCUT2D eigenvalue weighted by atomic mass is 9.91. The number of nitrogens with one attached hydrogen (secondary N) is 1. The summed E-state index contributed by atoms with van der Waals surface area (Å²) in [7, 11) is 0. The SMILES string of the molecule is CCC[C@H](CC(=O)Nc1nc2ccc(C#N)cc2n1-c1ccc(F)cc1)c1ccccc1. The molecule has 0 radical (unpaired) electrons. The van der Waals surface area contributed by atoms with Gasteiger partial charge in [-0.1, -0.05) is 43.7 Å². The number of carbonyl (C=O) groups excluding carboxylic acids is 1. The first-order valence-electron chi connectivity index (χ1n) is 10.6. The van der Waals surface area contributed by atoms with Crippen LogP contribution in [-0.4, -0.2) is 15.5 Å². The van der Waals surface area contributed by atoms with E-state index in [2.05, 4.69) is 23.3 Å². The van der Waals surface area contributed by atoms with Crippen LogP contribution >= 0.6 is 0 Å². The molecule has 0 spiro atoms. The molecule has 4 rings (SSSR count). The first-order chi connectivity index (χ1) is 15.6. The van der Waals surface area contributed by atoms with Crippen LogP contribution < -0.4 is 5.32 Å². The number of nitriles is 1. The van der Waals surface area contributed by atoms with Gasteiger partial charge in [0.1, 0.15) is 5.82 Å². The molecule has 1 aromatic heterocycles. The van der Waals surface area contributed by atoms with E-state index in [0.29, 0.717) is 34.7 Å². The number of carbonyl (C=O) groups is 1. The number of aromatic nitrogens is 2. The molecule has 0 aliphatic heterocycles. The van der Waals surface area contributed by atoms with Crippen molar-refractivity contribution < 1.29 is 9.18 Å². The summed E-state index contributed by atoms with van der Waals surface area (Å²) >= 11 is 0. The molecular weight excluding hydrogens is 403 g/mol. The van der Waals surface area contributed by atoms with Gasteiger partial charge in [0.05, 0.1) is 22.7 Å². The Labute approximate surface area is 186 Å². The quantitative estimate of drug-likeness (QED) is 0.397. The number of rotatable bonds is 7. The van der Waals surface area contributed by atoms with Gasteiger partial charge in [-0.25, -0.2) is 9.37 Å². The Morgan fingerprint density at radius 3 is 2.56 bits per heavy atom. The Morgan fingerprint density at radius 2 is 1.88 bits per heavy atom. The Balaban J connectivity index is 1.69. The van der Waals surface area contributed by atoms with Crippen molar-refractivity contribution in [2.45, 2.75) is 32.1 Å². The predicted molar refractivity (Wildman–Crippen MR) is 123 cm³/mol. The molecule has 32 heavy (non-hydrogen) atoms. The molecule has 6 heteroatoms. The summed E-state index contributed by atoms with van der Waals surface area (Å²) in [6.45, 7) is 2.11. The zero-order valence-corrected chi connectivity index (χ0v) is 17.8. The van der Waals surface area contributed by atoms with E-state index in [0.717, 1.165) is 18.4 Å². The van der Waals surface area contributed by atoms with Crippen molar-refractivity contribution in [2.75, 3.05) is 5.32 Å². The summed E-state index contributed by atoms with van der Waals surface area (Å²) in [5, 5.41) is 12.3. The number of anilines is 1. The molecule has 0 bridgehead atoms. The summed E-state index contributed by atoms with van der Waals surface area (Å²) in [5.74, 6) is -0.0525. The fourth-order valence-corrected chi connectivity index (χ4v) is 3.94. The maximum atomic E-state index is 13.5. The topological polar surface area (TPSA) is 70.7 Å². The first-order valence-corrected chi connectivity index (χ1v) is 10.6. The van der Waals surface area contributed by atoms with E-state index < -0.39 is 0 Å². The third-order valence-corrected chi connectivity index (χ3v) is 5.46. The van der Waals surface area contributed by atoms with E-state index in [1.165, 1.54) is 12.1 Å². The number of benzene rings is 3. The molecule has 1 heterocycles. The van der Waals surface area contributed by atoms with Gasteiger partial charge in [0.2, 0.25) is 11.9 Å². The minimum absolute atomic E-state index is 0.107. The minimum Gasteiger partial charge on any atom is -0.296 e. The lowest BCUT2D eigenvalue weighted by molar-refractivity contribution is -0.116. The van der Waals surface area contributed by atoms with Crippen molar-refractivity contribution in [3.8, 4) is 11.8 Å². The Morgan fingerprint density at radius 1 is 1.12 bits per heavy atom. The smallest absolute Gasteiger partial charge is 0.227 e. The molecule has 1 atom stereocenters. The summed E-state index contributed by atoms with van der Waals surface area (Å²) < 4.78 is 15.3. The molecule has 0 aliphatic carbocycles. The standard InChI is InChI=1S/C26H23FN4O/c1-2-6-20(19-7-4-3-5-8-19)16-25(32)30-26-29-23-14-9-18(17-28)15-24(23)31(26)22-12-10-21(27)11-13-22/h3-5,7-15,20H,2,6,16H2,1H3,(H,29,30,32)/t20-/m1/s1. The van der Waals surface area contributed by atoms with Crippen LogP contribution in [0.1, 0.15) is 43.2 Å². The molecular formula is C26H23FN4O. The fraction of sp³-hybridized carbons (Fsp3) is 0.192. The maximum Gasteiger partial charge on any atom is 0.227 e. The zero-order valence-electron chi connectivity index (χ0n) is 17.8. The second-order valence-corrected chi connectivity index (χ2v) is 7.71. The van der Waals surface area contributed by atoms with Crippen LogP contribution in [-0.2, 0) is 4.79 Å². The normalized spacial score (nSPS) is 11.8. The molecule has 160 valence electrons. The summed E-state index contributed by atoms with van der Waals surface area (Å²) in [6, 6.07) is 23.2. The molecule has 0 saturated heterocycles. The van der Waals surface area contributed by atoms with Gasteiger partial charge in [-0.15, -0.1) is 0 Å². The third kappa shape index (κ3) is 4.52. The van der Waals surface area contributed by atoms with Crippen molar-refractivity contribution in [3.63, 3.8) is 0 Å². The third-order valence-electron chi connectivity index (χ3n) is 5.46. The van der Waals surface area contributed by atoms with Gasteiger partial charge < -0.3 is 0 Å². The van der Waals surface area contributed by atoms with Crippen LogP contribution in [0, 0.1) is 17.1 Å². The number of nitrogens with zero attached hydrogens (tertiary/aromatic N) is 3. The highest BCUT2D eigenvalue weighted by Gasteiger charge is 2.19. The molecule has 0 saturated carbocycles. The molecule has 0 aliphatic rings. The minimum atomic E-state index is -0.355. The summed E-state index contributed by atoms with van der Waals surface area (Å²) in [5.41, 5.74) is 3.56. The highest BCUT2D eigenvalue weighted by atomic mass is 19.1. The number of fused-ring (bicyclic) bond motifs is 1. The maximum absolute atomic E-state index is 13.5. The largest absolute Gasteiger partial charge is 0.296 e. The van der Waals surface area contributed by atoms with Gasteiger partial charge in [-0.3, -0.25) is 14.7 Å². The van der Waals surface area contributed by atoms with Crippen LogP contribution in [0.25, 0.3) is 16.7 Å². The predicted octanol–water partition coefficient (Wildman–Crippen LogP) is 5.95. The number of hydrogen-bond acceptors (Lipinski definition) is 3. The van der Waals surface area contributed by atoms with Gasteiger partial charge in [0.15, 0.2) is 0 Å². The summed E-state index contributed by atoms with van der Waals surface area (Å²) in [4.78, 5) is 17.6. The Hall–Kier alpha value is -3.98. The molecule has 0 fully saturated rings. The van der Waals surface area contributed by atoms with Crippen LogP contribution in [0.3, 0.4) is 0 Å². The monoisotopic (exact) mass is 426 g/mol. The van der Waals surface area contributed by atoms with Gasteiger partial charge in [-0.05, 0) is 60.4 Å². The van der Waals surface area contributed by atoms with E-state index >= 15 is 0 Å². The van der Waals surface area contributed by atoms with Gasteiger partial charge in [0.25, 0.3) is 0 Å². The molecule has 5 nitrogen and oxygen atoms in total. The van der Waals surface area contributed by atoms with Crippen LogP contribution in [0.5, 0.6) is 0 Å². The highest BCUT2D eigenvalue weighted by Crippen LogP contribution is 2.28. The van der Waals surface area contributed by atoms with Crippen molar-refractivity contribution in [1.82, 2.24) is 9.55 Å². The number of halogens is 1. The number of imidazole rings is 1. The van der Waals surface area contributed by atoms with Crippen LogP contribution in [0.4, 0.5) is 10.3 Å². The Bertz CT molecular complexity index is 1270. The van der Waals surface area contributed by atoms with Gasteiger partial charge in [-0.2, -0.15) is 5.26 Å². The number of amides is 1. The second kappa shape index (κ2) is 9.44. The lowest BCUT2D eigenvalue weighted by Gasteiger charge is -2.17. The molecule has 0 unspecified atom stereocenters. The number of hydrogen-bond donors (Lipinski definition) is 1. The van der Waals surface area contributed by atoms with Crippen LogP contribution in [0.15, 0.2) is 72.8 Å². The fourth-order valence-electron chi connectivity index (χ4n) is 3.94. The average Bonchev–Trinajstić information content (AvgIpc) is 3.16. The van der Waals surface area contributed by atoms with E-state index in [-0.39, 0.29) is 17.6 Å². The lowest BCUT2D eigenvalue weighted by Crippen LogP contribution is -2.18. The van der Waals surface area contributed by atoms with Crippen LogP contribution in [0.2, 0.25) is 0 Å². The molecule has 1 amide bonds. The molecule has 3 aromatic carbocycles. The van der Waals surface area contributed by atoms with Crippen molar-refractivity contribution in [1.29, 1.82) is 5.26 Å². The zero-order chi connectivity index (χ0) is 22.5. The van der Waals surface area contributed by atoms with E-state index in [1.54, 1.807) is 34.9 Å². The summed E-state index contributed by atoms with van der Waals surface area (Å²) in [6.07, 6.45) is 2.20.